The van der Waals surface area contributed by atoms with Crippen molar-refractivity contribution in [3.63, 3.8) is 0 Å². The van der Waals surface area contributed by atoms with E-state index in [1.165, 1.54) is 5.56 Å². The van der Waals surface area contributed by atoms with Gasteiger partial charge in [-0.2, -0.15) is 0 Å². The summed E-state index contributed by atoms with van der Waals surface area (Å²) in [5, 5.41) is 4.00. The van der Waals surface area contributed by atoms with Gasteiger partial charge in [0.25, 0.3) is 0 Å². The van der Waals surface area contributed by atoms with Crippen LogP contribution in [0.4, 0.5) is 5.82 Å². The van der Waals surface area contributed by atoms with Crippen LogP contribution < -0.4 is 11.1 Å². The number of thiocarbonyl (C=S) groups is 1. The second-order valence-electron chi connectivity index (χ2n) is 4.10. The summed E-state index contributed by atoms with van der Waals surface area (Å²) in [5.74, 6) is 0.814. The van der Waals surface area contributed by atoms with Crippen LogP contribution in [0.25, 0.3) is 0 Å². The van der Waals surface area contributed by atoms with Gasteiger partial charge in [0.1, 0.15) is 10.8 Å². The van der Waals surface area contributed by atoms with Crippen LogP contribution in [0.5, 0.6) is 0 Å². The zero-order chi connectivity index (χ0) is 13.7. The van der Waals surface area contributed by atoms with Crippen LogP contribution in [-0.2, 0) is 6.42 Å². The number of nitrogens with two attached hydrogens (primary N) is 1. The number of hydrogen-bond donors (Lipinski definition) is 2. The van der Waals surface area contributed by atoms with Crippen molar-refractivity contribution >= 4 is 34.6 Å². The summed E-state index contributed by atoms with van der Waals surface area (Å²) in [4.78, 5) is 4.61. The first-order valence-electron chi connectivity index (χ1n) is 5.89. The first kappa shape index (κ1) is 13.8. The fraction of sp³-hybridized carbons (Fsp3) is 0.143. The van der Waals surface area contributed by atoms with Gasteiger partial charge in [-0.25, -0.2) is 4.98 Å². The highest BCUT2D eigenvalue weighted by Crippen LogP contribution is 2.10. The minimum atomic E-state index is 0.361. The molecule has 2 rings (SSSR count). The van der Waals surface area contributed by atoms with Gasteiger partial charge in [-0.15, -0.1) is 0 Å². The monoisotopic (exact) mass is 291 g/mol. The van der Waals surface area contributed by atoms with Gasteiger partial charge < -0.3 is 11.1 Å². The Hall–Kier alpha value is -1.65. The van der Waals surface area contributed by atoms with Crippen LogP contribution in [0.3, 0.4) is 0 Å². The Morgan fingerprint density at radius 1 is 1.21 bits per heavy atom. The third-order valence-electron chi connectivity index (χ3n) is 2.68. The average Bonchev–Trinajstić information content (AvgIpc) is 2.41. The Bertz CT molecular complexity index is 552. The van der Waals surface area contributed by atoms with Crippen LogP contribution in [0.2, 0.25) is 5.02 Å². The van der Waals surface area contributed by atoms with E-state index in [1.54, 1.807) is 6.20 Å². The number of halogens is 1. The van der Waals surface area contributed by atoms with Crippen LogP contribution in [-0.4, -0.2) is 16.5 Å². The predicted octanol–water partition coefficient (Wildman–Crippen LogP) is 3.02. The molecule has 0 bridgehead atoms. The van der Waals surface area contributed by atoms with Crippen LogP contribution in [0.1, 0.15) is 11.1 Å². The molecule has 3 N–H and O–H groups in total. The SMILES string of the molecule is NC(=S)c1ccc(NCCc2ccc(Cl)cc2)nc1. The van der Waals surface area contributed by atoms with Gasteiger partial charge in [-0.05, 0) is 36.2 Å². The molecular formula is C14H14ClN3S. The molecule has 0 atom stereocenters. The molecule has 0 aliphatic heterocycles. The van der Waals surface area contributed by atoms with Gasteiger partial charge in [-0.3, -0.25) is 0 Å². The fourth-order valence-electron chi connectivity index (χ4n) is 1.63. The number of benzene rings is 1. The Kier molecular flexibility index (Phi) is 4.71. The lowest BCUT2D eigenvalue weighted by Crippen LogP contribution is -2.11. The lowest BCUT2D eigenvalue weighted by atomic mass is 10.1. The first-order valence-corrected chi connectivity index (χ1v) is 6.68. The molecule has 98 valence electrons. The maximum absolute atomic E-state index is 5.84. The van der Waals surface area contributed by atoms with Crippen LogP contribution >= 0.6 is 23.8 Å². The van der Waals surface area contributed by atoms with Gasteiger partial charge in [0.15, 0.2) is 0 Å². The molecule has 19 heavy (non-hydrogen) atoms. The summed E-state index contributed by atoms with van der Waals surface area (Å²) >= 11 is 10.7. The minimum Gasteiger partial charge on any atom is -0.389 e. The van der Waals surface area contributed by atoms with Crippen molar-refractivity contribution in [3.05, 3.63) is 58.7 Å². The molecule has 0 aliphatic rings. The number of nitrogens with zero attached hydrogens (tertiary/aromatic N) is 1. The summed E-state index contributed by atoms with van der Waals surface area (Å²) in [6.45, 7) is 0.807. The molecule has 0 aliphatic carbocycles. The quantitative estimate of drug-likeness (QED) is 0.832. The summed E-state index contributed by atoms with van der Waals surface area (Å²) in [7, 11) is 0. The van der Waals surface area contributed by atoms with Crippen molar-refractivity contribution in [2.45, 2.75) is 6.42 Å². The number of pyridine rings is 1. The van der Waals surface area contributed by atoms with Crippen LogP contribution in [0, 0.1) is 0 Å². The van der Waals surface area contributed by atoms with Gasteiger partial charge in [0, 0.05) is 23.3 Å². The zero-order valence-electron chi connectivity index (χ0n) is 10.3. The van der Waals surface area contributed by atoms with Gasteiger partial charge in [0.05, 0.1) is 0 Å². The van der Waals surface area contributed by atoms with Gasteiger partial charge in [-0.1, -0.05) is 36.0 Å². The van der Waals surface area contributed by atoms with Crippen molar-refractivity contribution in [3.8, 4) is 0 Å². The van der Waals surface area contributed by atoms with Crippen LogP contribution in [0.15, 0.2) is 42.6 Å². The Balaban J connectivity index is 1.85. The Morgan fingerprint density at radius 3 is 2.53 bits per heavy atom. The molecule has 1 heterocycles. The van der Waals surface area contributed by atoms with E-state index in [4.69, 9.17) is 29.6 Å². The summed E-state index contributed by atoms with van der Waals surface area (Å²) in [6.07, 6.45) is 2.59. The van der Waals surface area contributed by atoms with Gasteiger partial charge in [0.2, 0.25) is 0 Å². The van der Waals surface area contributed by atoms with Crippen molar-refractivity contribution < 1.29 is 0 Å². The highest BCUT2D eigenvalue weighted by atomic mass is 35.5. The first-order chi connectivity index (χ1) is 9.15. The number of anilines is 1. The molecule has 3 nitrogen and oxygen atoms in total. The summed E-state index contributed by atoms with van der Waals surface area (Å²) in [6, 6.07) is 11.6. The number of nitrogens with one attached hydrogen (secondary N) is 1. The molecule has 2 aromatic rings. The minimum absolute atomic E-state index is 0.361. The van der Waals surface area contributed by atoms with E-state index >= 15 is 0 Å². The molecule has 0 amide bonds. The number of rotatable bonds is 5. The molecule has 5 heteroatoms. The maximum atomic E-state index is 5.84. The Morgan fingerprint density at radius 2 is 1.95 bits per heavy atom. The molecule has 0 radical (unpaired) electrons. The summed E-state index contributed by atoms with van der Waals surface area (Å²) < 4.78 is 0. The molecule has 0 spiro atoms. The highest BCUT2D eigenvalue weighted by molar-refractivity contribution is 7.80. The second-order valence-corrected chi connectivity index (χ2v) is 4.98. The third-order valence-corrected chi connectivity index (χ3v) is 3.17. The molecule has 0 fully saturated rings. The number of hydrogen-bond acceptors (Lipinski definition) is 3. The maximum Gasteiger partial charge on any atom is 0.125 e. The average molecular weight is 292 g/mol. The highest BCUT2D eigenvalue weighted by Gasteiger charge is 1.98. The standard InChI is InChI=1S/C14H14ClN3S/c15-12-4-1-10(2-5-12)7-8-17-13-6-3-11(9-18-13)14(16)19/h1-6,9H,7-8H2,(H2,16,19)(H,17,18). The third kappa shape index (κ3) is 4.19. The lowest BCUT2D eigenvalue weighted by molar-refractivity contribution is 1.01. The van der Waals surface area contributed by atoms with Crippen molar-refractivity contribution in [1.29, 1.82) is 0 Å². The van der Waals surface area contributed by atoms with Crippen molar-refractivity contribution in [1.82, 2.24) is 4.98 Å². The topological polar surface area (TPSA) is 50.9 Å². The molecule has 0 saturated heterocycles. The smallest absolute Gasteiger partial charge is 0.125 e. The molecule has 0 saturated carbocycles. The van der Waals surface area contributed by atoms with E-state index in [0.717, 1.165) is 29.4 Å². The van der Waals surface area contributed by atoms with Gasteiger partial charge >= 0.3 is 0 Å². The second kappa shape index (κ2) is 6.50. The van der Waals surface area contributed by atoms with E-state index in [9.17, 15) is 0 Å². The lowest BCUT2D eigenvalue weighted by Gasteiger charge is -2.06. The molecular weight excluding hydrogens is 278 g/mol. The Labute approximate surface area is 122 Å². The van der Waals surface area contributed by atoms with Crippen molar-refractivity contribution in [2.75, 3.05) is 11.9 Å². The van der Waals surface area contributed by atoms with E-state index in [-0.39, 0.29) is 0 Å². The van der Waals surface area contributed by atoms with E-state index in [2.05, 4.69) is 10.3 Å². The molecule has 0 unspecified atom stereocenters. The molecule has 1 aromatic carbocycles. The number of aromatic nitrogens is 1. The largest absolute Gasteiger partial charge is 0.389 e. The summed E-state index contributed by atoms with van der Waals surface area (Å²) in [5.41, 5.74) is 7.52. The predicted molar refractivity (Wildman–Crippen MR) is 83.8 cm³/mol. The van der Waals surface area contributed by atoms with E-state index in [0.29, 0.717) is 4.99 Å². The van der Waals surface area contributed by atoms with Crippen molar-refractivity contribution in [2.24, 2.45) is 5.73 Å². The zero-order valence-corrected chi connectivity index (χ0v) is 11.8. The fourth-order valence-corrected chi connectivity index (χ4v) is 1.88. The van der Waals surface area contributed by atoms with E-state index < -0.39 is 0 Å². The normalized spacial score (nSPS) is 10.2. The van der Waals surface area contributed by atoms with E-state index in [1.807, 2.05) is 36.4 Å². The molecule has 1 aromatic heterocycles.